The third-order valence-corrected chi connectivity index (χ3v) is 13.3. The highest BCUT2D eigenvalue weighted by atomic mass is 16.5. The van der Waals surface area contributed by atoms with Crippen LogP contribution in [-0.2, 0) is 9.59 Å². The fourth-order valence-electron chi connectivity index (χ4n) is 9.44. The van der Waals surface area contributed by atoms with Crippen molar-refractivity contribution in [3.8, 4) is 45.3 Å². The van der Waals surface area contributed by atoms with E-state index in [1.54, 1.807) is 24.6 Å². The molecule has 8 heteroatoms. The molecule has 0 amide bonds. The van der Waals surface area contributed by atoms with Gasteiger partial charge in [-0.05, 0) is 120 Å². The second kappa shape index (κ2) is 20.0. The normalized spacial score (nSPS) is 13.0. The first kappa shape index (κ1) is 48.7. The minimum atomic E-state index is -0.788. The molecule has 2 N–H and O–H groups in total. The molecule has 10 aromatic carbocycles. The van der Waals surface area contributed by atoms with Gasteiger partial charge in [-0.2, -0.15) is 0 Å². The molecule has 0 fully saturated rings. The molecule has 74 heavy (non-hydrogen) atoms. The Morgan fingerprint density at radius 3 is 1.07 bits per heavy atom. The third kappa shape index (κ3) is 9.62. The van der Waals surface area contributed by atoms with Gasteiger partial charge in [-0.25, -0.2) is 0 Å². The van der Waals surface area contributed by atoms with Crippen LogP contribution in [0.25, 0.3) is 65.3 Å². The summed E-state index contributed by atoms with van der Waals surface area (Å²) in [5.74, 6) is -0.192. The Morgan fingerprint density at radius 1 is 0.405 bits per heavy atom. The molecule has 10 rings (SSSR count). The monoisotopic (exact) mass is 972 g/mol. The minimum absolute atomic E-state index is 0.0296. The molecule has 0 unspecified atom stereocenters. The summed E-state index contributed by atoms with van der Waals surface area (Å²) in [6.07, 6.45) is 3.40. The van der Waals surface area contributed by atoms with E-state index >= 15 is 0 Å². The number of aliphatic imine (C=N–C) groups is 2. The minimum Gasteiger partial charge on any atom is -0.507 e. The van der Waals surface area contributed by atoms with Gasteiger partial charge in [0.15, 0.2) is 0 Å². The summed E-state index contributed by atoms with van der Waals surface area (Å²) in [5, 5.41) is 32.1. The maximum atomic E-state index is 13.5. The predicted octanol–water partition coefficient (Wildman–Crippen LogP) is 16.0. The number of hydrogen-bond donors (Lipinski definition) is 2. The zero-order chi connectivity index (χ0) is 51.7. The van der Waals surface area contributed by atoms with Crippen molar-refractivity contribution >= 4 is 67.5 Å². The molecule has 0 spiro atoms. The van der Waals surface area contributed by atoms with Crippen LogP contribution in [0.4, 0.5) is 0 Å². The average molecular weight is 973 g/mol. The number of ether oxygens (including phenoxy) is 2. The van der Waals surface area contributed by atoms with Crippen molar-refractivity contribution in [2.45, 2.75) is 53.6 Å². The summed E-state index contributed by atoms with van der Waals surface area (Å²) in [4.78, 5) is 37.8. The van der Waals surface area contributed by atoms with Gasteiger partial charge in [0.1, 0.15) is 35.1 Å². The number of esters is 2. The fraction of sp³-hybridized carbons (Fsp3) is 0.152. The molecule has 0 radical (unpaired) electrons. The Morgan fingerprint density at radius 2 is 0.716 bits per heavy atom. The first-order valence-corrected chi connectivity index (χ1v) is 24.8. The lowest BCUT2D eigenvalue weighted by molar-refractivity contribution is -0.143. The van der Waals surface area contributed by atoms with E-state index in [4.69, 9.17) is 19.5 Å². The number of phenolic OH excluding ortho intramolecular Hbond substituents is 2. The first-order valence-electron chi connectivity index (χ1n) is 24.8. The molecule has 0 aliphatic carbocycles. The van der Waals surface area contributed by atoms with Crippen LogP contribution in [-0.4, -0.2) is 34.6 Å². The molecule has 10 aromatic rings. The second-order valence-corrected chi connectivity index (χ2v) is 20.7. The van der Waals surface area contributed by atoms with Gasteiger partial charge < -0.3 is 19.7 Å². The number of aromatic hydroxyl groups is 2. The van der Waals surface area contributed by atoms with E-state index in [1.807, 2.05) is 224 Å². The summed E-state index contributed by atoms with van der Waals surface area (Å²) in [7, 11) is 0. The smallest absolute Gasteiger partial charge is 0.316 e. The molecule has 8 nitrogen and oxygen atoms in total. The maximum absolute atomic E-state index is 13.5. The van der Waals surface area contributed by atoms with E-state index in [1.165, 1.54) is 0 Å². The van der Waals surface area contributed by atoms with Gasteiger partial charge in [0.25, 0.3) is 0 Å². The number of carbonyl (C=O) groups excluding carboxylic acids is 2. The van der Waals surface area contributed by atoms with Gasteiger partial charge in [0.05, 0.1) is 10.8 Å². The van der Waals surface area contributed by atoms with Crippen molar-refractivity contribution in [1.29, 1.82) is 0 Å². The average Bonchev–Trinajstić information content (AvgIpc) is 3.41. The van der Waals surface area contributed by atoms with E-state index in [2.05, 4.69) is 0 Å². The summed E-state index contributed by atoms with van der Waals surface area (Å²) in [5.41, 5.74) is 3.26. The number of nitrogens with zero attached hydrogens (tertiary/aromatic N) is 2. The van der Waals surface area contributed by atoms with E-state index < -0.39 is 34.9 Å². The molecular formula is C66H56N2O6. The predicted molar refractivity (Wildman–Crippen MR) is 301 cm³/mol. The highest BCUT2D eigenvalue weighted by Gasteiger charge is 2.30. The standard InChI is InChI=1S/C66H56N2O6/c1-65(2,3)63(71)73-53-35-33-41-21-13-17-29-49(41)55(53)57-51-31-19-15-27-45(51)37-47(61(57)69)39-67-59(43-23-9-7-10-24-43)60(44-25-11-8-12-26-44)68-40-48-38-46-28-16-20-32-52(46)58(62(48)70)56-50-30-18-14-22-42(50)34-36-54(56)74-64(72)66(4,5)6/h7-40,59-60,69-70H,1-6H3/t59-,60-/m0/s1. The number of carbonyl (C=O) groups is 2. The van der Waals surface area contributed by atoms with E-state index in [0.717, 1.165) is 54.2 Å². The highest BCUT2D eigenvalue weighted by molar-refractivity contribution is 6.14. The summed E-state index contributed by atoms with van der Waals surface area (Å²) >= 11 is 0. The van der Waals surface area contributed by atoms with Crippen molar-refractivity contribution in [3.63, 3.8) is 0 Å². The Kier molecular flexibility index (Phi) is 13.1. The molecule has 0 bridgehead atoms. The summed E-state index contributed by atoms with van der Waals surface area (Å²) in [6.45, 7) is 10.9. The van der Waals surface area contributed by atoms with E-state index in [-0.39, 0.29) is 11.5 Å². The molecule has 0 aliphatic heterocycles. The second-order valence-electron chi connectivity index (χ2n) is 20.7. The molecule has 2 atom stereocenters. The van der Waals surface area contributed by atoms with Crippen LogP contribution in [0.15, 0.2) is 204 Å². The number of hydrogen-bond acceptors (Lipinski definition) is 8. The Hall–Kier alpha value is -8.88. The topological polar surface area (TPSA) is 118 Å². The van der Waals surface area contributed by atoms with Crippen LogP contribution in [0.2, 0.25) is 0 Å². The Labute approximate surface area is 430 Å². The van der Waals surface area contributed by atoms with Gasteiger partial charge in [0.2, 0.25) is 0 Å². The van der Waals surface area contributed by atoms with Crippen molar-refractivity contribution in [2.75, 3.05) is 0 Å². The maximum Gasteiger partial charge on any atom is 0.316 e. The molecule has 366 valence electrons. The summed E-state index contributed by atoms with van der Waals surface area (Å²) in [6, 6.07) is 61.2. The number of rotatable bonds is 11. The lowest BCUT2D eigenvalue weighted by Crippen LogP contribution is -2.25. The number of benzene rings is 10. The fourth-order valence-corrected chi connectivity index (χ4v) is 9.44. The van der Waals surface area contributed by atoms with Gasteiger partial charge in [-0.3, -0.25) is 19.6 Å². The molecule has 0 aliphatic rings. The quantitative estimate of drug-likeness (QED) is 0.0757. The van der Waals surface area contributed by atoms with E-state index in [9.17, 15) is 19.8 Å². The summed E-state index contributed by atoms with van der Waals surface area (Å²) < 4.78 is 12.4. The van der Waals surface area contributed by atoms with Crippen LogP contribution in [0.1, 0.15) is 75.9 Å². The van der Waals surface area contributed by atoms with Crippen molar-refractivity contribution in [3.05, 3.63) is 216 Å². The van der Waals surface area contributed by atoms with Crippen LogP contribution in [0.5, 0.6) is 23.0 Å². The molecule has 0 aromatic heterocycles. The van der Waals surface area contributed by atoms with Crippen molar-refractivity contribution < 1.29 is 29.3 Å². The van der Waals surface area contributed by atoms with E-state index in [0.29, 0.717) is 44.9 Å². The Bertz CT molecular complexity index is 3580. The lowest BCUT2D eigenvalue weighted by atomic mass is 9.90. The van der Waals surface area contributed by atoms with Gasteiger partial charge in [-0.1, -0.05) is 170 Å². The van der Waals surface area contributed by atoms with Crippen LogP contribution in [0, 0.1) is 10.8 Å². The number of phenols is 2. The first-order chi connectivity index (χ1) is 35.7. The highest BCUT2D eigenvalue weighted by Crippen LogP contribution is 2.49. The van der Waals surface area contributed by atoms with Gasteiger partial charge in [0, 0.05) is 45.8 Å². The number of fused-ring (bicyclic) bond motifs is 4. The van der Waals surface area contributed by atoms with Crippen LogP contribution < -0.4 is 9.47 Å². The van der Waals surface area contributed by atoms with Crippen molar-refractivity contribution in [1.82, 2.24) is 0 Å². The molecule has 0 saturated heterocycles. The molecule has 0 heterocycles. The zero-order valence-electron chi connectivity index (χ0n) is 42.2. The van der Waals surface area contributed by atoms with Crippen LogP contribution in [0.3, 0.4) is 0 Å². The van der Waals surface area contributed by atoms with Gasteiger partial charge >= 0.3 is 11.9 Å². The SMILES string of the molecule is CC(C)(C)C(=O)Oc1ccc2ccccc2c1-c1c(O)c(C=N[C@@H](c2ccccc2)[C@@H](N=Cc2cc3ccccc3c(-c3c(OC(=O)C(C)(C)C)ccc4ccccc34)c2O)c2ccccc2)cc2ccccc12. The zero-order valence-corrected chi connectivity index (χ0v) is 42.2. The molecule has 0 saturated carbocycles. The largest absolute Gasteiger partial charge is 0.507 e. The van der Waals surface area contributed by atoms with Crippen LogP contribution >= 0.6 is 0 Å². The van der Waals surface area contributed by atoms with Gasteiger partial charge in [-0.15, -0.1) is 0 Å². The Balaban J connectivity index is 1.15. The van der Waals surface area contributed by atoms with Crippen molar-refractivity contribution in [2.24, 2.45) is 20.8 Å². The molecular weight excluding hydrogens is 917 g/mol. The third-order valence-electron chi connectivity index (χ3n) is 13.3. The lowest BCUT2D eigenvalue weighted by Gasteiger charge is -2.23.